The molecule has 0 radical (unpaired) electrons. The van der Waals surface area contributed by atoms with E-state index in [1.807, 2.05) is 44.2 Å². The number of ether oxygens (including phenoxy) is 2. The maximum Gasteiger partial charge on any atom is 0.260 e. The fourth-order valence-electron chi connectivity index (χ4n) is 3.13. The molecule has 0 bridgehead atoms. The lowest BCUT2D eigenvalue weighted by molar-refractivity contribution is 0.102. The van der Waals surface area contributed by atoms with Crippen LogP contribution in [0.1, 0.15) is 21.6 Å². The summed E-state index contributed by atoms with van der Waals surface area (Å²) in [6.45, 7) is 3.89. The monoisotopic (exact) mass is 408 g/mol. The van der Waals surface area contributed by atoms with E-state index in [1.165, 1.54) is 11.3 Å². The van der Waals surface area contributed by atoms with Gasteiger partial charge < -0.3 is 9.47 Å². The van der Waals surface area contributed by atoms with E-state index < -0.39 is 0 Å². The summed E-state index contributed by atoms with van der Waals surface area (Å²) in [7, 11) is 3.16. The minimum Gasteiger partial charge on any atom is -0.493 e. The number of aromatic nitrogens is 3. The van der Waals surface area contributed by atoms with Crippen LogP contribution in [0.5, 0.6) is 11.5 Å². The molecule has 1 N–H and O–H groups in total. The SMILES string of the molecule is COc1cc2nc(NC(=O)c3cnn(-c4cccc(C)c4)c3C)sc2cc1OC. The van der Waals surface area contributed by atoms with Gasteiger partial charge in [-0.3, -0.25) is 10.1 Å². The Bertz CT molecular complexity index is 1170. The Kier molecular flexibility index (Phi) is 4.94. The number of rotatable bonds is 5. The highest BCUT2D eigenvalue weighted by molar-refractivity contribution is 7.22. The van der Waals surface area contributed by atoms with E-state index in [0.29, 0.717) is 22.2 Å². The Balaban J connectivity index is 1.61. The number of carbonyl (C=O) groups excluding carboxylic acids is 1. The minimum atomic E-state index is -0.251. The van der Waals surface area contributed by atoms with Gasteiger partial charge in [-0.15, -0.1) is 0 Å². The summed E-state index contributed by atoms with van der Waals surface area (Å²) >= 11 is 1.37. The minimum absolute atomic E-state index is 0.251. The molecule has 4 aromatic rings. The van der Waals surface area contributed by atoms with E-state index in [-0.39, 0.29) is 5.91 Å². The van der Waals surface area contributed by atoms with Gasteiger partial charge in [-0.1, -0.05) is 23.5 Å². The third-order valence-corrected chi connectivity index (χ3v) is 5.55. The number of hydrogen-bond donors (Lipinski definition) is 1. The van der Waals surface area contributed by atoms with Crippen molar-refractivity contribution in [3.8, 4) is 17.2 Å². The number of benzene rings is 2. The average Bonchev–Trinajstić information content (AvgIpc) is 3.28. The summed E-state index contributed by atoms with van der Waals surface area (Å²) < 4.78 is 13.3. The highest BCUT2D eigenvalue weighted by Gasteiger charge is 2.18. The molecule has 0 aliphatic carbocycles. The Labute approximate surface area is 171 Å². The molecule has 4 rings (SSSR count). The largest absolute Gasteiger partial charge is 0.493 e. The van der Waals surface area contributed by atoms with E-state index in [2.05, 4.69) is 15.4 Å². The van der Waals surface area contributed by atoms with Crippen LogP contribution in [0.15, 0.2) is 42.6 Å². The Morgan fingerprint density at radius 1 is 1.10 bits per heavy atom. The Hall–Kier alpha value is -3.39. The van der Waals surface area contributed by atoms with E-state index in [0.717, 1.165) is 27.2 Å². The zero-order valence-corrected chi connectivity index (χ0v) is 17.3. The summed E-state index contributed by atoms with van der Waals surface area (Å²) in [6.07, 6.45) is 1.58. The van der Waals surface area contributed by atoms with Crippen molar-refractivity contribution in [1.29, 1.82) is 0 Å². The molecule has 0 fully saturated rings. The molecule has 2 aromatic heterocycles. The van der Waals surface area contributed by atoms with Gasteiger partial charge in [-0.05, 0) is 31.5 Å². The maximum atomic E-state index is 12.8. The van der Waals surface area contributed by atoms with Crippen molar-refractivity contribution >= 4 is 32.6 Å². The van der Waals surface area contributed by atoms with Gasteiger partial charge in [0.25, 0.3) is 5.91 Å². The molecule has 1 amide bonds. The Morgan fingerprint density at radius 3 is 2.59 bits per heavy atom. The van der Waals surface area contributed by atoms with Crippen LogP contribution in [0.3, 0.4) is 0 Å². The van der Waals surface area contributed by atoms with Crippen molar-refractivity contribution in [2.45, 2.75) is 13.8 Å². The van der Waals surface area contributed by atoms with Crippen molar-refractivity contribution in [1.82, 2.24) is 14.8 Å². The van der Waals surface area contributed by atoms with Crippen LogP contribution in [0.25, 0.3) is 15.9 Å². The summed E-state index contributed by atoms with van der Waals surface area (Å²) in [5.41, 5.74) is 4.04. The highest BCUT2D eigenvalue weighted by Crippen LogP contribution is 2.36. The van der Waals surface area contributed by atoms with Gasteiger partial charge in [0.2, 0.25) is 0 Å². The molecule has 0 saturated carbocycles. The third kappa shape index (κ3) is 3.54. The normalized spacial score (nSPS) is 10.9. The van der Waals surface area contributed by atoms with Gasteiger partial charge in [-0.2, -0.15) is 5.10 Å². The number of hydrogen-bond acceptors (Lipinski definition) is 6. The second-order valence-electron chi connectivity index (χ2n) is 6.54. The number of aryl methyl sites for hydroxylation is 1. The first-order valence-electron chi connectivity index (χ1n) is 8.95. The van der Waals surface area contributed by atoms with Crippen LogP contribution in [-0.4, -0.2) is 34.9 Å². The number of nitrogens with one attached hydrogen (secondary N) is 1. The summed E-state index contributed by atoms with van der Waals surface area (Å²) in [6, 6.07) is 11.6. The summed E-state index contributed by atoms with van der Waals surface area (Å²) in [4.78, 5) is 17.3. The van der Waals surface area contributed by atoms with Crippen LogP contribution < -0.4 is 14.8 Å². The molecule has 0 aliphatic rings. The topological polar surface area (TPSA) is 78.3 Å². The number of amides is 1. The highest BCUT2D eigenvalue weighted by atomic mass is 32.1. The standard InChI is InChI=1S/C21H20N4O3S/c1-12-6-5-7-14(8-12)25-13(2)15(11-22-25)20(26)24-21-23-16-9-17(27-3)18(28-4)10-19(16)29-21/h5-11H,1-4H3,(H,23,24,26). The molecular weight excluding hydrogens is 388 g/mol. The Morgan fingerprint density at radius 2 is 1.86 bits per heavy atom. The molecular formula is C21H20N4O3S. The number of fused-ring (bicyclic) bond motifs is 1. The van der Waals surface area contributed by atoms with Crippen molar-refractivity contribution in [3.63, 3.8) is 0 Å². The second kappa shape index (κ2) is 7.56. The molecule has 2 aromatic carbocycles. The van der Waals surface area contributed by atoms with Crippen molar-refractivity contribution < 1.29 is 14.3 Å². The van der Waals surface area contributed by atoms with Crippen LogP contribution in [0.2, 0.25) is 0 Å². The molecule has 0 aliphatic heterocycles. The van der Waals surface area contributed by atoms with Gasteiger partial charge in [-0.25, -0.2) is 9.67 Å². The maximum absolute atomic E-state index is 12.8. The molecule has 0 atom stereocenters. The van der Waals surface area contributed by atoms with Gasteiger partial charge >= 0.3 is 0 Å². The fourth-order valence-corrected chi connectivity index (χ4v) is 4.00. The van der Waals surface area contributed by atoms with Crippen LogP contribution >= 0.6 is 11.3 Å². The van der Waals surface area contributed by atoms with Crippen LogP contribution in [0.4, 0.5) is 5.13 Å². The number of nitrogens with zero attached hydrogens (tertiary/aromatic N) is 3. The van der Waals surface area contributed by atoms with Gasteiger partial charge in [0.05, 0.1) is 47.6 Å². The molecule has 7 nitrogen and oxygen atoms in total. The first-order valence-corrected chi connectivity index (χ1v) is 9.77. The van der Waals surface area contributed by atoms with Crippen LogP contribution in [-0.2, 0) is 0 Å². The number of carbonyl (C=O) groups is 1. The number of anilines is 1. The molecule has 0 spiro atoms. The van der Waals surface area contributed by atoms with E-state index in [4.69, 9.17) is 9.47 Å². The lowest BCUT2D eigenvalue weighted by Gasteiger charge is -2.06. The van der Waals surface area contributed by atoms with Crippen LogP contribution in [0, 0.1) is 13.8 Å². The molecule has 0 unspecified atom stereocenters. The molecule has 148 valence electrons. The summed E-state index contributed by atoms with van der Waals surface area (Å²) in [5, 5.41) is 7.76. The summed E-state index contributed by atoms with van der Waals surface area (Å²) in [5.74, 6) is 0.967. The zero-order chi connectivity index (χ0) is 20.5. The lowest BCUT2D eigenvalue weighted by Crippen LogP contribution is -2.13. The first-order chi connectivity index (χ1) is 14.0. The van der Waals surface area contributed by atoms with E-state index in [1.54, 1.807) is 31.2 Å². The average molecular weight is 408 g/mol. The van der Waals surface area contributed by atoms with Crippen molar-refractivity contribution in [2.24, 2.45) is 0 Å². The first kappa shape index (κ1) is 18.9. The smallest absolute Gasteiger partial charge is 0.260 e. The second-order valence-corrected chi connectivity index (χ2v) is 7.57. The zero-order valence-electron chi connectivity index (χ0n) is 16.5. The van der Waals surface area contributed by atoms with E-state index >= 15 is 0 Å². The number of thiazole rings is 1. The van der Waals surface area contributed by atoms with Crippen molar-refractivity contribution in [3.05, 3.63) is 59.4 Å². The fraction of sp³-hybridized carbons (Fsp3) is 0.190. The van der Waals surface area contributed by atoms with Gasteiger partial charge in [0.15, 0.2) is 16.6 Å². The predicted octanol–water partition coefficient (Wildman–Crippen LogP) is 4.37. The molecule has 8 heteroatoms. The quantitative estimate of drug-likeness (QED) is 0.531. The van der Waals surface area contributed by atoms with Gasteiger partial charge in [0, 0.05) is 12.1 Å². The molecule has 29 heavy (non-hydrogen) atoms. The lowest BCUT2D eigenvalue weighted by atomic mass is 10.2. The van der Waals surface area contributed by atoms with Gasteiger partial charge in [0.1, 0.15) is 0 Å². The van der Waals surface area contributed by atoms with E-state index in [9.17, 15) is 4.79 Å². The predicted molar refractivity (Wildman–Crippen MR) is 114 cm³/mol. The number of methoxy groups -OCH3 is 2. The van der Waals surface area contributed by atoms with Crippen molar-refractivity contribution in [2.75, 3.05) is 19.5 Å². The third-order valence-electron chi connectivity index (χ3n) is 4.61. The molecule has 0 saturated heterocycles. The molecule has 2 heterocycles.